The van der Waals surface area contributed by atoms with Gasteiger partial charge in [-0.15, -0.1) is 0 Å². The summed E-state index contributed by atoms with van der Waals surface area (Å²) in [6.07, 6.45) is 3.68. The Morgan fingerprint density at radius 2 is 2.33 bits per heavy atom. The van der Waals surface area contributed by atoms with E-state index in [1.54, 1.807) is 12.3 Å². The van der Waals surface area contributed by atoms with Crippen LogP contribution in [0.15, 0.2) is 22.8 Å². The molecular weight excluding hydrogens is 256 g/mol. The maximum atomic E-state index is 11.7. The summed E-state index contributed by atoms with van der Waals surface area (Å²) in [6, 6.07) is 3.72. The fourth-order valence-corrected chi connectivity index (χ4v) is 1.55. The molecule has 0 aromatic carbocycles. The zero-order chi connectivity index (χ0) is 11.3. The Morgan fingerprint density at radius 3 is 2.87 bits per heavy atom. The van der Waals surface area contributed by atoms with Gasteiger partial charge >= 0.3 is 0 Å². The number of amides is 1. The summed E-state index contributed by atoms with van der Waals surface area (Å²) in [7, 11) is 0. The summed E-state index contributed by atoms with van der Waals surface area (Å²) in [5, 5.41) is 2.90. The number of hydrogen-bond donors (Lipinski definition) is 1. The van der Waals surface area contributed by atoms with Gasteiger partial charge < -0.3 is 5.32 Å². The second-order valence-corrected chi connectivity index (χ2v) is 4.44. The van der Waals surface area contributed by atoms with E-state index >= 15 is 0 Å². The van der Waals surface area contributed by atoms with Gasteiger partial charge in [-0.1, -0.05) is 13.3 Å². The molecule has 1 aromatic heterocycles. The molecule has 0 fully saturated rings. The van der Waals surface area contributed by atoms with Crippen molar-refractivity contribution in [1.29, 1.82) is 0 Å². The first-order chi connectivity index (χ1) is 7.13. The van der Waals surface area contributed by atoms with E-state index in [0.29, 0.717) is 5.69 Å². The minimum absolute atomic E-state index is 0.108. The summed E-state index contributed by atoms with van der Waals surface area (Å²) >= 11 is 3.28. The van der Waals surface area contributed by atoms with Crippen molar-refractivity contribution in [2.75, 3.05) is 0 Å². The molecule has 1 heterocycles. The molecule has 1 amide bonds. The van der Waals surface area contributed by atoms with E-state index in [9.17, 15) is 4.79 Å². The largest absolute Gasteiger partial charge is 0.348 e. The summed E-state index contributed by atoms with van der Waals surface area (Å²) in [5.74, 6) is -0.108. The number of carbonyl (C=O) groups is 1. The molecular formula is C11H15BrN2O. The number of nitrogens with one attached hydrogen (secondary N) is 1. The normalized spacial score (nSPS) is 12.2. The molecule has 0 radical (unpaired) electrons. The van der Waals surface area contributed by atoms with Crippen LogP contribution in [0, 0.1) is 0 Å². The van der Waals surface area contributed by atoms with Gasteiger partial charge in [-0.2, -0.15) is 0 Å². The smallest absolute Gasteiger partial charge is 0.270 e. The number of nitrogens with zero attached hydrogens (tertiary/aromatic N) is 1. The molecule has 4 heteroatoms. The van der Waals surface area contributed by atoms with Gasteiger partial charge in [-0.25, -0.2) is 4.98 Å². The monoisotopic (exact) mass is 270 g/mol. The number of pyridine rings is 1. The zero-order valence-corrected chi connectivity index (χ0v) is 10.5. The van der Waals surface area contributed by atoms with Gasteiger partial charge in [-0.3, -0.25) is 4.79 Å². The minimum Gasteiger partial charge on any atom is -0.348 e. The first kappa shape index (κ1) is 12.2. The second-order valence-electron chi connectivity index (χ2n) is 3.52. The van der Waals surface area contributed by atoms with Crippen LogP contribution in [0.4, 0.5) is 0 Å². The van der Waals surface area contributed by atoms with Gasteiger partial charge in [0.15, 0.2) is 0 Å². The molecule has 3 nitrogen and oxygen atoms in total. The Kier molecular flexibility index (Phi) is 4.75. The van der Waals surface area contributed by atoms with Crippen molar-refractivity contribution >= 4 is 21.8 Å². The Balaban J connectivity index is 2.57. The second kappa shape index (κ2) is 5.85. The Hall–Kier alpha value is -0.900. The van der Waals surface area contributed by atoms with Crippen LogP contribution in [0.1, 0.15) is 37.2 Å². The Labute approximate surface area is 98.4 Å². The van der Waals surface area contributed by atoms with Crippen molar-refractivity contribution in [1.82, 2.24) is 10.3 Å². The van der Waals surface area contributed by atoms with Crippen molar-refractivity contribution in [3.8, 4) is 0 Å². The van der Waals surface area contributed by atoms with Crippen LogP contribution < -0.4 is 5.32 Å². The lowest BCUT2D eigenvalue weighted by atomic mass is 10.2. The first-order valence-electron chi connectivity index (χ1n) is 5.06. The lowest BCUT2D eigenvalue weighted by Gasteiger charge is -2.11. The third kappa shape index (κ3) is 4.00. The lowest BCUT2D eigenvalue weighted by molar-refractivity contribution is 0.0933. The van der Waals surface area contributed by atoms with Crippen LogP contribution in [-0.4, -0.2) is 16.9 Å². The average molecular weight is 271 g/mol. The zero-order valence-electron chi connectivity index (χ0n) is 8.96. The van der Waals surface area contributed by atoms with Crippen LogP contribution in [-0.2, 0) is 0 Å². The molecule has 82 valence electrons. The minimum atomic E-state index is -0.108. The third-order valence-corrected chi connectivity index (χ3v) is 2.53. The molecule has 0 spiro atoms. The highest BCUT2D eigenvalue weighted by Gasteiger charge is 2.09. The number of carbonyl (C=O) groups excluding carboxylic acids is 1. The highest BCUT2D eigenvalue weighted by atomic mass is 79.9. The van der Waals surface area contributed by atoms with E-state index in [1.165, 1.54) is 0 Å². The maximum Gasteiger partial charge on any atom is 0.270 e. The molecule has 0 aliphatic carbocycles. The highest BCUT2D eigenvalue weighted by molar-refractivity contribution is 9.10. The predicted molar refractivity (Wildman–Crippen MR) is 63.8 cm³/mol. The third-order valence-electron chi connectivity index (χ3n) is 2.06. The molecule has 1 unspecified atom stereocenters. The van der Waals surface area contributed by atoms with E-state index in [2.05, 4.69) is 33.2 Å². The van der Waals surface area contributed by atoms with Gasteiger partial charge in [0.1, 0.15) is 5.69 Å². The topological polar surface area (TPSA) is 42.0 Å². The molecule has 1 aromatic rings. The number of hydrogen-bond acceptors (Lipinski definition) is 2. The molecule has 0 aliphatic rings. The predicted octanol–water partition coefficient (Wildman–Crippen LogP) is 2.76. The van der Waals surface area contributed by atoms with Crippen molar-refractivity contribution < 1.29 is 4.79 Å². The molecule has 1 rings (SSSR count). The van der Waals surface area contributed by atoms with E-state index in [1.807, 2.05) is 13.0 Å². The van der Waals surface area contributed by atoms with Crippen LogP contribution >= 0.6 is 15.9 Å². The van der Waals surface area contributed by atoms with Crippen molar-refractivity contribution in [3.05, 3.63) is 28.5 Å². The van der Waals surface area contributed by atoms with Crippen molar-refractivity contribution in [2.24, 2.45) is 0 Å². The van der Waals surface area contributed by atoms with E-state index in [4.69, 9.17) is 0 Å². The number of halogens is 1. The molecule has 0 bridgehead atoms. The van der Waals surface area contributed by atoms with Crippen LogP contribution in [0.25, 0.3) is 0 Å². The molecule has 15 heavy (non-hydrogen) atoms. The molecule has 0 aliphatic heterocycles. The van der Waals surface area contributed by atoms with E-state index in [-0.39, 0.29) is 11.9 Å². The van der Waals surface area contributed by atoms with Crippen LogP contribution in [0.3, 0.4) is 0 Å². The van der Waals surface area contributed by atoms with Crippen LogP contribution in [0.5, 0.6) is 0 Å². The summed E-state index contributed by atoms with van der Waals surface area (Å²) in [5.41, 5.74) is 0.459. The fourth-order valence-electron chi connectivity index (χ4n) is 1.31. The SMILES string of the molecule is CCCC(C)NC(=O)c1ccc(Br)cn1. The van der Waals surface area contributed by atoms with Gasteiger partial charge in [-0.05, 0) is 41.4 Å². The van der Waals surface area contributed by atoms with E-state index < -0.39 is 0 Å². The van der Waals surface area contributed by atoms with Gasteiger partial charge in [0.25, 0.3) is 5.91 Å². The Morgan fingerprint density at radius 1 is 1.60 bits per heavy atom. The fraction of sp³-hybridized carbons (Fsp3) is 0.455. The Bertz CT molecular complexity index is 324. The number of rotatable bonds is 4. The molecule has 0 saturated heterocycles. The van der Waals surface area contributed by atoms with Crippen molar-refractivity contribution in [2.45, 2.75) is 32.7 Å². The summed E-state index contributed by atoms with van der Waals surface area (Å²) < 4.78 is 0.876. The first-order valence-corrected chi connectivity index (χ1v) is 5.85. The molecule has 1 N–H and O–H groups in total. The standard InChI is InChI=1S/C11H15BrN2O/c1-3-4-8(2)14-11(15)10-6-5-9(12)7-13-10/h5-8H,3-4H2,1-2H3,(H,14,15). The molecule has 0 saturated carbocycles. The summed E-state index contributed by atoms with van der Waals surface area (Å²) in [4.78, 5) is 15.7. The average Bonchev–Trinajstić information content (AvgIpc) is 2.18. The van der Waals surface area contributed by atoms with E-state index in [0.717, 1.165) is 17.3 Å². The summed E-state index contributed by atoms with van der Waals surface area (Å²) in [6.45, 7) is 4.10. The van der Waals surface area contributed by atoms with Gasteiger partial charge in [0.05, 0.1) is 0 Å². The molecule has 1 atom stereocenters. The maximum absolute atomic E-state index is 11.7. The van der Waals surface area contributed by atoms with Crippen molar-refractivity contribution in [3.63, 3.8) is 0 Å². The van der Waals surface area contributed by atoms with Gasteiger partial charge in [0, 0.05) is 16.7 Å². The highest BCUT2D eigenvalue weighted by Crippen LogP contribution is 2.07. The van der Waals surface area contributed by atoms with Crippen LogP contribution in [0.2, 0.25) is 0 Å². The quantitative estimate of drug-likeness (QED) is 0.914. The number of aromatic nitrogens is 1. The lowest BCUT2D eigenvalue weighted by Crippen LogP contribution is -2.32. The van der Waals surface area contributed by atoms with Gasteiger partial charge in [0.2, 0.25) is 0 Å².